The lowest BCUT2D eigenvalue weighted by atomic mass is 9.97. The molecule has 0 unspecified atom stereocenters. The number of nitrogens with zero attached hydrogens (tertiary/aromatic N) is 3. The van der Waals surface area contributed by atoms with Crippen molar-refractivity contribution in [3.8, 4) is 0 Å². The van der Waals surface area contributed by atoms with Gasteiger partial charge in [-0.1, -0.05) is 20.3 Å². The normalized spacial score (nSPS) is 18.1. The summed E-state index contributed by atoms with van der Waals surface area (Å²) in [6.45, 7) is 2.99. The molecule has 0 radical (unpaired) electrons. The van der Waals surface area contributed by atoms with Gasteiger partial charge in [-0.2, -0.15) is 4.31 Å². The van der Waals surface area contributed by atoms with Crippen LogP contribution in [0.5, 0.6) is 0 Å². The number of piperazine rings is 1. The second-order valence-electron chi connectivity index (χ2n) is 6.35. The van der Waals surface area contributed by atoms with E-state index in [0.29, 0.717) is 6.42 Å². The standard InChI is InChI=1S/C16H21N3O7S/c1-3-11(2)15(16(21)22)18-9-8-17(10-14(18)20)27(25,26)13-6-4-12(5-7-13)19(23)24/h4-7,11,15H,3,8-10H2,1-2H3,(H,21,22)/t11-,15-/m0/s1. The van der Waals surface area contributed by atoms with E-state index in [0.717, 1.165) is 28.6 Å². The molecule has 11 heteroatoms. The highest BCUT2D eigenvalue weighted by atomic mass is 32.2. The fourth-order valence-electron chi connectivity index (χ4n) is 2.96. The number of rotatable bonds is 7. The summed E-state index contributed by atoms with van der Waals surface area (Å²) in [7, 11) is -4.02. The molecule has 0 aromatic heterocycles. The third-order valence-corrected chi connectivity index (χ3v) is 6.54. The quantitative estimate of drug-likeness (QED) is 0.531. The smallest absolute Gasteiger partial charge is 0.326 e. The van der Waals surface area contributed by atoms with Gasteiger partial charge in [-0.15, -0.1) is 0 Å². The molecule has 0 bridgehead atoms. The van der Waals surface area contributed by atoms with E-state index in [2.05, 4.69) is 0 Å². The van der Waals surface area contributed by atoms with Gasteiger partial charge in [-0.25, -0.2) is 13.2 Å². The minimum absolute atomic E-state index is 0.0354. The Labute approximate surface area is 156 Å². The molecular weight excluding hydrogens is 378 g/mol. The summed E-state index contributed by atoms with van der Waals surface area (Å²) >= 11 is 0. The van der Waals surface area contributed by atoms with Gasteiger partial charge >= 0.3 is 5.97 Å². The lowest BCUT2D eigenvalue weighted by molar-refractivity contribution is -0.384. The zero-order chi connectivity index (χ0) is 20.4. The second kappa shape index (κ2) is 8.01. The number of carbonyl (C=O) groups is 2. The van der Waals surface area contributed by atoms with Gasteiger partial charge in [0.15, 0.2) is 0 Å². The van der Waals surface area contributed by atoms with Crippen molar-refractivity contribution >= 4 is 27.6 Å². The van der Waals surface area contributed by atoms with Crippen molar-refractivity contribution < 1.29 is 28.0 Å². The number of nitro benzene ring substituents is 1. The first-order valence-corrected chi connectivity index (χ1v) is 9.80. The van der Waals surface area contributed by atoms with Gasteiger partial charge in [-0.3, -0.25) is 14.9 Å². The molecule has 27 heavy (non-hydrogen) atoms. The Balaban J connectivity index is 2.20. The first-order valence-electron chi connectivity index (χ1n) is 8.36. The number of hydrogen-bond acceptors (Lipinski definition) is 6. The van der Waals surface area contributed by atoms with Crippen LogP contribution >= 0.6 is 0 Å². The lowest BCUT2D eigenvalue weighted by Crippen LogP contribution is -2.58. The highest BCUT2D eigenvalue weighted by molar-refractivity contribution is 7.89. The number of benzene rings is 1. The summed E-state index contributed by atoms with van der Waals surface area (Å²) in [6, 6.07) is 3.38. The van der Waals surface area contributed by atoms with E-state index < -0.39 is 39.4 Å². The predicted molar refractivity (Wildman–Crippen MR) is 94.4 cm³/mol. The maximum absolute atomic E-state index is 12.7. The highest BCUT2D eigenvalue weighted by Gasteiger charge is 2.39. The molecule has 1 N–H and O–H groups in total. The van der Waals surface area contributed by atoms with E-state index in [-0.39, 0.29) is 29.6 Å². The number of amides is 1. The molecule has 1 aliphatic rings. The zero-order valence-electron chi connectivity index (χ0n) is 14.9. The Morgan fingerprint density at radius 2 is 1.89 bits per heavy atom. The molecule has 1 aromatic carbocycles. The van der Waals surface area contributed by atoms with Crippen LogP contribution in [0, 0.1) is 16.0 Å². The number of carboxylic acids is 1. The Morgan fingerprint density at radius 1 is 1.30 bits per heavy atom. The van der Waals surface area contributed by atoms with Gasteiger partial charge in [-0.05, 0) is 18.1 Å². The van der Waals surface area contributed by atoms with Gasteiger partial charge in [0, 0.05) is 25.2 Å². The molecule has 0 spiro atoms. The molecular formula is C16H21N3O7S. The molecule has 1 saturated heterocycles. The third kappa shape index (κ3) is 4.25. The van der Waals surface area contributed by atoms with E-state index in [9.17, 15) is 33.2 Å². The summed E-state index contributed by atoms with van der Waals surface area (Å²) in [5.41, 5.74) is -0.243. The molecule has 0 saturated carbocycles. The Morgan fingerprint density at radius 3 is 2.33 bits per heavy atom. The first kappa shape index (κ1) is 20.8. The van der Waals surface area contributed by atoms with E-state index in [1.807, 2.05) is 6.92 Å². The zero-order valence-corrected chi connectivity index (χ0v) is 15.8. The van der Waals surface area contributed by atoms with Crippen LogP contribution in [0.15, 0.2) is 29.2 Å². The van der Waals surface area contributed by atoms with Crippen LogP contribution in [0.25, 0.3) is 0 Å². The van der Waals surface area contributed by atoms with E-state index in [1.54, 1.807) is 6.92 Å². The molecule has 10 nitrogen and oxygen atoms in total. The van der Waals surface area contributed by atoms with Crippen LogP contribution in [-0.2, 0) is 19.6 Å². The van der Waals surface area contributed by atoms with E-state index in [1.165, 1.54) is 4.90 Å². The lowest BCUT2D eigenvalue weighted by Gasteiger charge is -2.38. The van der Waals surface area contributed by atoms with Gasteiger partial charge in [0.2, 0.25) is 15.9 Å². The minimum Gasteiger partial charge on any atom is -0.480 e. The van der Waals surface area contributed by atoms with Gasteiger partial charge in [0.25, 0.3) is 5.69 Å². The molecule has 1 aliphatic heterocycles. The van der Waals surface area contributed by atoms with Gasteiger partial charge in [0.1, 0.15) is 6.04 Å². The minimum atomic E-state index is -4.02. The summed E-state index contributed by atoms with van der Waals surface area (Å²) in [6.07, 6.45) is 0.561. The Kier molecular flexibility index (Phi) is 6.16. The average Bonchev–Trinajstić information content (AvgIpc) is 2.62. The number of non-ortho nitro benzene ring substituents is 1. The van der Waals surface area contributed by atoms with Crippen LogP contribution in [-0.4, -0.2) is 65.2 Å². The second-order valence-corrected chi connectivity index (χ2v) is 8.28. The molecule has 0 aliphatic carbocycles. The highest BCUT2D eigenvalue weighted by Crippen LogP contribution is 2.23. The molecule has 1 aromatic rings. The van der Waals surface area contributed by atoms with E-state index in [4.69, 9.17) is 0 Å². The van der Waals surface area contributed by atoms with Crippen molar-refractivity contribution in [2.45, 2.75) is 31.2 Å². The van der Waals surface area contributed by atoms with E-state index >= 15 is 0 Å². The van der Waals surface area contributed by atoms with Crippen LogP contribution in [0.4, 0.5) is 5.69 Å². The van der Waals surface area contributed by atoms with Crippen LogP contribution < -0.4 is 0 Å². The fraction of sp³-hybridized carbons (Fsp3) is 0.500. The van der Waals surface area contributed by atoms with Crippen molar-refractivity contribution in [2.24, 2.45) is 5.92 Å². The average molecular weight is 399 g/mol. The summed E-state index contributed by atoms with van der Waals surface area (Å²) in [5, 5.41) is 20.1. The number of aliphatic carboxylic acids is 1. The SMILES string of the molecule is CC[C@H](C)[C@@H](C(=O)O)N1CCN(S(=O)(=O)c2ccc([N+](=O)[O-])cc2)CC1=O. The molecule has 2 rings (SSSR count). The van der Waals surface area contributed by atoms with Crippen molar-refractivity contribution in [1.29, 1.82) is 0 Å². The van der Waals surface area contributed by atoms with Gasteiger partial charge < -0.3 is 10.0 Å². The predicted octanol–water partition coefficient (Wildman–Crippen LogP) is 0.927. The topological polar surface area (TPSA) is 138 Å². The van der Waals surface area contributed by atoms with Crippen LogP contribution in [0.3, 0.4) is 0 Å². The maximum atomic E-state index is 12.7. The monoisotopic (exact) mass is 399 g/mol. The number of nitro groups is 1. The Bertz CT molecular complexity index is 838. The third-order valence-electron chi connectivity index (χ3n) is 4.68. The van der Waals surface area contributed by atoms with Crippen molar-refractivity contribution in [2.75, 3.05) is 19.6 Å². The van der Waals surface area contributed by atoms with Crippen molar-refractivity contribution in [3.05, 3.63) is 34.4 Å². The summed E-state index contributed by atoms with van der Waals surface area (Å²) < 4.78 is 26.3. The number of carbonyl (C=O) groups excluding carboxylic acids is 1. The Hall–Kier alpha value is -2.53. The number of carboxylic acid groups (broad SMARTS) is 1. The summed E-state index contributed by atoms with van der Waals surface area (Å²) in [5.74, 6) is -1.98. The molecule has 1 amide bonds. The van der Waals surface area contributed by atoms with Gasteiger partial charge in [0.05, 0.1) is 16.4 Å². The number of sulfonamides is 1. The maximum Gasteiger partial charge on any atom is 0.326 e. The molecule has 2 atom stereocenters. The number of hydrogen-bond donors (Lipinski definition) is 1. The molecule has 148 valence electrons. The van der Waals surface area contributed by atoms with Crippen molar-refractivity contribution in [3.63, 3.8) is 0 Å². The van der Waals surface area contributed by atoms with Crippen LogP contribution in [0.2, 0.25) is 0 Å². The largest absolute Gasteiger partial charge is 0.480 e. The fourth-order valence-corrected chi connectivity index (χ4v) is 4.34. The first-order chi connectivity index (χ1) is 12.6. The van der Waals surface area contributed by atoms with Crippen molar-refractivity contribution in [1.82, 2.24) is 9.21 Å². The summed E-state index contributed by atoms with van der Waals surface area (Å²) in [4.78, 5) is 35.1. The molecule has 1 heterocycles. The molecule has 1 fully saturated rings. The van der Waals surface area contributed by atoms with Crippen LogP contribution in [0.1, 0.15) is 20.3 Å².